The minimum atomic E-state index is -0.898. The zero-order valence-corrected chi connectivity index (χ0v) is 12.7. The maximum absolute atomic E-state index is 12.6. The Balaban J connectivity index is 2.99. The average molecular weight is 272 g/mol. The summed E-state index contributed by atoms with van der Waals surface area (Å²) in [5.41, 5.74) is 1.03. The molecule has 0 heterocycles. The van der Waals surface area contributed by atoms with Gasteiger partial charge in [0.15, 0.2) is 0 Å². The fourth-order valence-electron chi connectivity index (χ4n) is 2.56. The van der Waals surface area contributed by atoms with Gasteiger partial charge in [-0.1, -0.05) is 51.8 Å². The molecule has 108 valence electrons. The van der Waals surface area contributed by atoms with Crippen molar-refractivity contribution in [1.29, 1.82) is 5.26 Å². The molecule has 1 aromatic carbocycles. The smallest absolute Gasteiger partial charge is 0.244 e. The highest BCUT2D eigenvalue weighted by molar-refractivity contribution is 5.97. The molecular weight excluding hydrogens is 248 g/mol. The van der Waals surface area contributed by atoms with Crippen LogP contribution in [0.4, 0.5) is 5.69 Å². The van der Waals surface area contributed by atoms with Crippen molar-refractivity contribution in [2.45, 2.75) is 52.9 Å². The molecule has 20 heavy (non-hydrogen) atoms. The minimum Gasteiger partial charge on any atom is -0.324 e. The van der Waals surface area contributed by atoms with Crippen LogP contribution in [-0.4, -0.2) is 5.91 Å². The summed E-state index contributed by atoms with van der Waals surface area (Å²) in [5.74, 6) is -0.162. The van der Waals surface area contributed by atoms with E-state index in [1.807, 2.05) is 38.1 Å². The van der Waals surface area contributed by atoms with Crippen LogP contribution < -0.4 is 5.32 Å². The zero-order valence-electron chi connectivity index (χ0n) is 12.7. The fourth-order valence-corrected chi connectivity index (χ4v) is 2.56. The van der Waals surface area contributed by atoms with Gasteiger partial charge in [0.25, 0.3) is 0 Å². The molecule has 0 aromatic heterocycles. The van der Waals surface area contributed by atoms with E-state index in [0.717, 1.165) is 30.5 Å². The van der Waals surface area contributed by atoms with Crippen LogP contribution in [0.1, 0.15) is 52.0 Å². The highest BCUT2D eigenvalue weighted by atomic mass is 16.2. The normalized spacial score (nSPS) is 10.9. The van der Waals surface area contributed by atoms with Crippen LogP contribution in [0.2, 0.25) is 0 Å². The number of nitrogens with zero attached hydrogens (tertiary/aromatic N) is 1. The Morgan fingerprint density at radius 3 is 2.30 bits per heavy atom. The second kappa shape index (κ2) is 7.69. The number of para-hydroxylation sites is 1. The highest BCUT2D eigenvalue weighted by Crippen LogP contribution is 2.31. The molecule has 0 spiro atoms. The first kappa shape index (κ1) is 16.2. The number of aryl methyl sites for hydroxylation is 1. The van der Waals surface area contributed by atoms with Crippen molar-refractivity contribution < 1.29 is 4.79 Å². The lowest BCUT2D eigenvalue weighted by atomic mass is 9.79. The van der Waals surface area contributed by atoms with E-state index >= 15 is 0 Å². The molecule has 0 aliphatic carbocycles. The van der Waals surface area contributed by atoms with E-state index in [1.54, 1.807) is 0 Å². The lowest BCUT2D eigenvalue weighted by molar-refractivity contribution is -0.123. The van der Waals surface area contributed by atoms with E-state index in [0.29, 0.717) is 12.8 Å². The predicted molar refractivity (Wildman–Crippen MR) is 82.3 cm³/mol. The molecule has 0 fully saturated rings. The van der Waals surface area contributed by atoms with Crippen molar-refractivity contribution in [3.63, 3.8) is 0 Å². The van der Waals surface area contributed by atoms with Gasteiger partial charge < -0.3 is 5.32 Å². The molecule has 0 unspecified atom stereocenters. The van der Waals surface area contributed by atoms with E-state index in [2.05, 4.69) is 18.3 Å². The predicted octanol–water partition coefficient (Wildman–Crippen LogP) is 4.30. The van der Waals surface area contributed by atoms with E-state index in [4.69, 9.17) is 0 Å². The Morgan fingerprint density at radius 1 is 1.20 bits per heavy atom. The molecule has 0 atom stereocenters. The maximum atomic E-state index is 12.6. The summed E-state index contributed by atoms with van der Waals surface area (Å²) >= 11 is 0. The molecule has 0 aliphatic heterocycles. The molecule has 3 nitrogen and oxygen atoms in total. The van der Waals surface area contributed by atoms with Crippen LogP contribution in [0, 0.1) is 16.7 Å². The fraction of sp³-hybridized carbons (Fsp3) is 0.529. The van der Waals surface area contributed by atoms with Crippen LogP contribution in [0.5, 0.6) is 0 Å². The Hall–Kier alpha value is -1.82. The molecule has 0 bridgehead atoms. The van der Waals surface area contributed by atoms with Crippen molar-refractivity contribution in [2.24, 2.45) is 5.41 Å². The lowest BCUT2D eigenvalue weighted by Crippen LogP contribution is -2.35. The number of hydrogen-bond donors (Lipinski definition) is 1. The van der Waals surface area contributed by atoms with Crippen LogP contribution in [-0.2, 0) is 11.2 Å². The van der Waals surface area contributed by atoms with Gasteiger partial charge in [0.1, 0.15) is 5.41 Å². The number of benzene rings is 1. The standard InChI is InChI=1S/C17H24N2O/c1-4-11-17(13-18,12-5-2)16(20)19-15-10-8-7-9-14(15)6-3/h7-10H,4-6,11-12H2,1-3H3,(H,19,20). The number of nitriles is 1. The van der Waals surface area contributed by atoms with Gasteiger partial charge >= 0.3 is 0 Å². The van der Waals surface area contributed by atoms with Gasteiger partial charge in [0.2, 0.25) is 5.91 Å². The Bertz CT molecular complexity index is 482. The van der Waals surface area contributed by atoms with E-state index < -0.39 is 5.41 Å². The van der Waals surface area contributed by atoms with Crippen molar-refractivity contribution in [3.8, 4) is 6.07 Å². The number of amides is 1. The Morgan fingerprint density at radius 2 is 1.80 bits per heavy atom. The first-order valence-electron chi connectivity index (χ1n) is 7.44. The third kappa shape index (κ3) is 3.60. The average Bonchev–Trinajstić information content (AvgIpc) is 2.47. The SMILES string of the molecule is CCCC(C#N)(CCC)C(=O)Nc1ccccc1CC. The van der Waals surface area contributed by atoms with E-state index in [-0.39, 0.29) is 5.91 Å². The van der Waals surface area contributed by atoms with Gasteiger partial charge in [-0.25, -0.2) is 0 Å². The summed E-state index contributed by atoms with van der Waals surface area (Å²) < 4.78 is 0. The monoisotopic (exact) mass is 272 g/mol. The van der Waals surface area contributed by atoms with Gasteiger partial charge in [0, 0.05) is 5.69 Å². The van der Waals surface area contributed by atoms with Gasteiger partial charge in [0.05, 0.1) is 6.07 Å². The first-order valence-corrected chi connectivity index (χ1v) is 7.44. The van der Waals surface area contributed by atoms with E-state index in [9.17, 15) is 10.1 Å². The van der Waals surface area contributed by atoms with E-state index in [1.165, 1.54) is 0 Å². The van der Waals surface area contributed by atoms with Gasteiger partial charge in [-0.05, 0) is 30.9 Å². The van der Waals surface area contributed by atoms with Crippen molar-refractivity contribution in [1.82, 2.24) is 0 Å². The van der Waals surface area contributed by atoms with Crippen LogP contribution in [0.15, 0.2) is 24.3 Å². The minimum absolute atomic E-state index is 0.162. The molecule has 0 radical (unpaired) electrons. The maximum Gasteiger partial charge on any atom is 0.244 e. The van der Waals surface area contributed by atoms with Gasteiger partial charge in [-0.15, -0.1) is 0 Å². The van der Waals surface area contributed by atoms with Crippen LogP contribution in [0.3, 0.4) is 0 Å². The van der Waals surface area contributed by atoms with Gasteiger partial charge in [-0.3, -0.25) is 4.79 Å². The number of carbonyl (C=O) groups is 1. The Labute approximate surface area is 122 Å². The second-order valence-electron chi connectivity index (χ2n) is 5.16. The van der Waals surface area contributed by atoms with Crippen molar-refractivity contribution >= 4 is 11.6 Å². The number of carbonyl (C=O) groups excluding carboxylic acids is 1. The largest absolute Gasteiger partial charge is 0.324 e. The molecule has 3 heteroatoms. The number of hydrogen-bond acceptors (Lipinski definition) is 2. The number of anilines is 1. The lowest BCUT2D eigenvalue weighted by Gasteiger charge is -2.25. The van der Waals surface area contributed by atoms with Crippen LogP contribution in [0.25, 0.3) is 0 Å². The highest BCUT2D eigenvalue weighted by Gasteiger charge is 2.37. The molecule has 1 aromatic rings. The summed E-state index contributed by atoms with van der Waals surface area (Å²) in [5, 5.41) is 12.5. The third-order valence-electron chi connectivity index (χ3n) is 3.65. The second-order valence-corrected chi connectivity index (χ2v) is 5.16. The molecule has 0 aliphatic rings. The van der Waals surface area contributed by atoms with Crippen LogP contribution >= 0.6 is 0 Å². The summed E-state index contributed by atoms with van der Waals surface area (Å²) in [6.45, 7) is 6.07. The Kier molecular flexibility index (Phi) is 6.24. The molecule has 1 N–H and O–H groups in total. The zero-order chi connectivity index (χ0) is 15.0. The number of nitrogens with one attached hydrogen (secondary N) is 1. The summed E-state index contributed by atoms with van der Waals surface area (Å²) in [4.78, 5) is 12.6. The topological polar surface area (TPSA) is 52.9 Å². The molecule has 1 rings (SSSR count). The molecule has 0 saturated carbocycles. The first-order chi connectivity index (χ1) is 9.63. The molecular formula is C17H24N2O. The van der Waals surface area contributed by atoms with Crippen molar-refractivity contribution in [2.75, 3.05) is 5.32 Å². The third-order valence-corrected chi connectivity index (χ3v) is 3.65. The summed E-state index contributed by atoms with van der Waals surface area (Å²) in [7, 11) is 0. The summed E-state index contributed by atoms with van der Waals surface area (Å²) in [6, 6.07) is 10.0. The van der Waals surface area contributed by atoms with Crippen molar-refractivity contribution in [3.05, 3.63) is 29.8 Å². The number of rotatable bonds is 7. The summed E-state index contributed by atoms with van der Waals surface area (Å²) in [6.07, 6.45) is 3.74. The molecule has 1 amide bonds. The van der Waals surface area contributed by atoms with Gasteiger partial charge in [-0.2, -0.15) is 5.26 Å². The molecule has 0 saturated heterocycles. The quantitative estimate of drug-likeness (QED) is 0.804.